The van der Waals surface area contributed by atoms with Crippen LogP contribution in [0.25, 0.3) is 33.9 Å². The van der Waals surface area contributed by atoms with Crippen LogP contribution in [0.3, 0.4) is 0 Å². The molecule has 2 nitrogen and oxygen atoms in total. The Morgan fingerprint density at radius 3 is 1.63 bits per heavy atom. The first-order valence-corrected chi connectivity index (χ1v) is 9.89. The molecule has 0 radical (unpaired) electrons. The molecular formula is C24H17BrN2. The molecule has 0 atom stereocenters. The van der Waals surface area contributed by atoms with Crippen LogP contribution in [0.1, 0.15) is 11.1 Å². The monoisotopic (exact) mass is 412 g/mol. The number of aromatic nitrogens is 2. The summed E-state index contributed by atoms with van der Waals surface area (Å²) in [6.07, 6.45) is 2.03. The van der Waals surface area contributed by atoms with Crippen molar-refractivity contribution in [1.82, 2.24) is 9.97 Å². The molecule has 0 spiro atoms. The fraction of sp³-hybridized carbons (Fsp3) is 0.0833. The van der Waals surface area contributed by atoms with Crippen LogP contribution in [0, 0.1) is 0 Å². The second kappa shape index (κ2) is 6.75. The molecule has 130 valence electrons. The van der Waals surface area contributed by atoms with Crippen LogP contribution in [0.2, 0.25) is 0 Å². The largest absolute Gasteiger partial charge is 0.246 e. The van der Waals surface area contributed by atoms with E-state index in [1.54, 1.807) is 0 Å². The maximum Gasteiger partial charge on any atom is 0.0928 e. The Bertz CT molecular complexity index is 1120. The SMILES string of the molecule is Brc1ccc(-c2ccc3c(n2)-c2nc(-c4ccccc4)ccc2CC3)cc1. The third-order valence-corrected chi connectivity index (χ3v) is 5.58. The van der Waals surface area contributed by atoms with E-state index in [1.165, 1.54) is 11.1 Å². The molecule has 5 rings (SSSR count). The van der Waals surface area contributed by atoms with Crippen molar-refractivity contribution < 1.29 is 0 Å². The van der Waals surface area contributed by atoms with Gasteiger partial charge in [-0.2, -0.15) is 0 Å². The predicted molar refractivity (Wildman–Crippen MR) is 113 cm³/mol. The van der Waals surface area contributed by atoms with Crippen molar-refractivity contribution in [3.63, 3.8) is 0 Å². The average molecular weight is 413 g/mol. The molecule has 1 aliphatic carbocycles. The van der Waals surface area contributed by atoms with E-state index in [4.69, 9.17) is 9.97 Å². The molecule has 0 aliphatic heterocycles. The van der Waals surface area contributed by atoms with Gasteiger partial charge in [-0.05, 0) is 48.2 Å². The second-order valence-corrected chi connectivity index (χ2v) is 7.70. The minimum Gasteiger partial charge on any atom is -0.246 e. The van der Waals surface area contributed by atoms with Crippen molar-refractivity contribution in [2.45, 2.75) is 12.8 Å². The van der Waals surface area contributed by atoms with Crippen molar-refractivity contribution in [2.75, 3.05) is 0 Å². The molecular weight excluding hydrogens is 396 g/mol. The van der Waals surface area contributed by atoms with Crippen LogP contribution in [-0.4, -0.2) is 9.97 Å². The van der Waals surface area contributed by atoms with Gasteiger partial charge in [0.05, 0.1) is 22.8 Å². The van der Waals surface area contributed by atoms with E-state index < -0.39 is 0 Å². The highest BCUT2D eigenvalue weighted by Crippen LogP contribution is 2.34. The van der Waals surface area contributed by atoms with Crippen LogP contribution in [0.4, 0.5) is 0 Å². The van der Waals surface area contributed by atoms with Crippen molar-refractivity contribution in [2.24, 2.45) is 0 Å². The highest BCUT2D eigenvalue weighted by atomic mass is 79.9. The molecule has 0 N–H and O–H groups in total. The van der Waals surface area contributed by atoms with Gasteiger partial charge in [-0.25, -0.2) is 9.97 Å². The Hall–Kier alpha value is -2.78. The molecule has 4 aromatic rings. The number of fused-ring (bicyclic) bond motifs is 3. The zero-order valence-electron chi connectivity index (χ0n) is 14.7. The van der Waals surface area contributed by atoms with Gasteiger partial charge in [-0.1, -0.05) is 70.5 Å². The molecule has 0 unspecified atom stereocenters. The van der Waals surface area contributed by atoms with Gasteiger partial charge in [0.15, 0.2) is 0 Å². The van der Waals surface area contributed by atoms with E-state index in [0.29, 0.717) is 0 Å². The summed E-state index contributed by atoms with van der Waals surface area (Å²) < 4.78 is 1.07. The van der Waals surface area contributed by atoms with E-state index in [1.807, 2.05) is 18.2 Å². The summed E-state index contributed by atoms with van der Waals surface area (Å²) in [5.41, 5.74) is 8.85. The lowest BCUT2D eigenvalue weighted by Crippen LogP contribution is -2.08. The van der Waals surface area contributed by atoms with Crippen molar-refractivity contribution in [3.05, 3.63) is 94.5 Å². The van der Waals surface area contributed by atoms with Crippen molar-refractivity contribution in [3.8, 4) is 33.9 Å². The van der Waals surface area contributed by atoms with Crippen LogP contribution in [0.15, 0.2) is 83.3 Å². The van der Waals surface area contributed by atoms with Crippen LogP contribution in [-0.2, 0) is 12.8 Å². The number of hydrogen-bond donors (Lipinski definition) is 0. The van der Waals surface area contributed by atoms with E-state index >= 15 is 0 Å². The zero-order chi connectivity index (χ0) is 18.2. The highest BCUT2D eigenvalue weighted by molar-refractivity contribution is 9.10. The normalized spacial score (nSPS) is 12.3. The summed E-state index contributed by atoms with van der Waals surface area (Å²) in [6, 6.07) is 27.3. The van der Waals surface area contributed by atoms with E-state index in [9.17, 15) is 0 Å². The minimum absolute atomic E-state index is 0.987. The quantitative estimate of drug-likeness (QED) is 0.383. The molecule has 0 saturated carbocycles. The lowest BCUT2D eigenvalue weighted by molar-refractivity contribution is 0.914. The molecule has 0 amide bonds. The van der Waals surface area contributed by atoms with Crippen LogP contribution < -0.4 is 0 Å². The van der Waals surface area contributed by atoms with E-state index in [-0.39, 0.29) is 0 Å². The topological polar surface area (TPSA) is 25.8 Å². The van der Waals surface area contributed by atoms with Gasteiger partial charge in [0.2, 0.25) is 0 Å². The van der Waals surface area contributed by atoms with Gasteiger partial charge >= 0.3 is 0 Å². The Morgan fingerprint density at radius 2 is 1.07 bits per heavy atom. The highest BCUT2D eigenvalue weighted by Gasteiger charge is 2.20. The Kier molecular flexibility index (Phi) is 4.10. The molecule has 0 fully saturated rings. The first-order chi connectivity index (χ1) is 13.3. The summed E-state index contributed by atoms with van der Waals surface area (Å²) in [5, 5.41) is 0. The fourth-order valence-electron chi connectivity index (χ4n) is 3.61. The Labute approximate surface area is 167 Å². The number of benzene rings is 2. The molecule has 27 heavy (non-hydrogen) atoms. The Balaban J connectivity index is 1.64. The number of rotatable bonds is 2. The average Bonchev–Trinajstić information content (AvgIpc) is 2.74. The number of halogens is 1. The van der Waals surface area contributed by atoms with Gasteiger partial charge in [0.1, 0.15) is 0 Å². The van der Waals surface area contributed by atoms with E-state index in [2.05, 4.69) is 76.6 Å². The molecule has 0 bridgehead atoms. The summed E-state index contributed by atoms with van der Waals surface area (Å²) in [4.78, 5) is 10.0. The number of hydrogen-bond acceptors (Lipinski definition) is 2. The number of nitrogens with zero attached hydrogens (tertiary/aromatic N) is 2. The maximum absolute atomic E-state index is 5.01. The first kappa shape index (κ1) is 16.4. The third-order valence-electron chi connectivity index (χ3n) is 5.06. The van der Waals surface area contributed by atoms with Crippen LogP contribution in [0.5, 0.6) is 0 Å². The maximum atomic E-state index is 5.01. The second-order valence-electron chi connectivity index (χ2n) is 6.78. The molecule has 3 heteroatoms. The minimum atomic E-state index is 0.987. The number of aryl methyl sites for hydroxylation is 2. The van der Waals surface area contributed by atoms with Crippen LogP contribution >= 0.6 is 15.9 Å². The van der Waals surface area contributed by atoms with Gasteiger partial charge in [0, 0.05) is 15.6 Å². The summed E-state index contributed by atoms with van der Waals surface area (Å²) >= 11 is 3.50. The standard InChI is InChI=1S/C24H17BrN2/c25-20-12-8-17(9-13-20)22-15-11-19-7-6-18-10-14-21(16-4-2-1-3-5-16)26-23(18)24(19)27-22/h1-5,8-15H,6-7H2. The Morgan fingerprint density at radius 1 is 0.556 bits per heavy atom. The van der Waals surface area contributed by atoms with E-state index in [0.717, 1.165) is 51.2 Å². The van der Waals surface area contributed by atoms with Crippen molar-refractivity contribution >= 4 is 15.9 Å². The summed E-state index contributed by atoms with van der Waals surface area (Å²) in [5.74, 6) is 0. The summed E-state index contributed by atoms with van der Waals surface area (Å²) in [6.45, 7) is 0. The molecule has 2 aromatic carbocycles. The lowest BCUT2D eigenvalue weighted by Gasteiger charge is -2.19. The molecule has 2 aromatic heterocycles. The molecule has 2 heterocycles. The number of pyridine rings is 2. The van der Waals surface area contributed by atoms with Gasteiger partial charge in [-0.3, -0.25) is 0 Å². The predicted octanol–water partition coefficient (Wildman–Crippen LogP) is 6.34. The molecule has 1 aliphatic rings. The zero-order valence-corrected chi connectivity index (χ0v) is 16.3. The summed E-state index contributed by atoms with van der Waals surface area (Å²) in [7, 11) is 0. The van der Waals surface area contributed by atoms with Gasteiger partial charge in [0.25, 0.3) is 0 Å². The third kappa shape index (κ3) is 3.08. The van der Waals surface area contributed by atoms with Gasteiger partial charge in [-0.15, -0.1) is 0 Å². The first-order valence-electron chi connectivity index (χ1n) is 9.09. The van der Waals surface area contributed by atoms with Gasteiger partial charge < -0.3 is 0 Å². The van der Waals surface area contributed by atoms with Crippen molar-refractivity contribution in [1.29, 1.82) is 0 Å². The fourth-order valence-corrected chi connectivity index (χ4v) is 3.87. The smallest absolute Gasteiger partial charge is 0.0928 e. The molecule has 0 saturated heterocycles. The lowest BCUT2D eigenvalue weighted by atomic mass is 9.91.